The highest BCUT2D eigenvalue weighted by Crippen LogP contribution is 2.22. The molecule has 1 aromatic carbocycles. The van der Waals surface area contributed by atoms with Gasteiger partial charge in [-0.15, -0.1) is 0 Å². The second-order valence-corrected chi connectivity index (χ2v) is 6.97. The molecule has 0 radical (unpaired) electrons. The molecule has 1 saturated heterocycles. The zero-order valence-electron chi connectivity index (χ0n) is 14.3. The largest absolute Gasteiger partial charge is 0.465 e. The maximum Gasteiger partial charge on any atom is 0.405 e. The molecule has 0 spiro atoms. The fourth-order valence-electron chi connectivity index (χ4n) is 2.95. The summed E-state index contributed by atoms with van der Waals surface area (Å²) in [6, 6.07) is 4.55. The van der Waals surface area contributed by atoms with Gasteiger partial charge in [0.05, 0.1) is 6.04 Å². The topological polar surface area (TPSA) is 55.8 Å². The lowest BCUT2D eigenvalue weighted by Gasteiger charge is -2.45. The molecule has 0 aromatic heterocycles. The van der Waals surface area contributed by atoms with Crippen molar-refractivity contribution < 1.29 is 14.3 Å². The van der Waals surface area contributed by atoms with Crippen LogP contribution < -0.4 is 5.32 Å². The van der Waals surface area contributed by atoms with Gasteiger partial charge in [-0.2, -0.15) is 0 Å². The van der Waals surface area contributed by atoms with E-state index in [-0.39, 0.29) is 11.4 Å². The van der Waals surface area contributed by atoms with E-state index in [0.29, 0.717) is 17.7 Å². The Hall–Kier alpha value is -1.66. The summed E-state index contributed by atoms with van der Waals surface area (Å²) in [5.74, 6) is -0.279. The molecule has 1 atom stereocenters. The fourth-order valence-corrected chi connectivity index (χ4v) is 2.95. The summed E-state index contributed by atoms with van der Waals surface area (Å²) >= 11 is 0. The average molecular weight is 323 g/mol. The Labute approximate surface area is 137 Å². The molecule has 0 saturated carbocycles. The zero-order chi connectivity index (χ0) is 17.2. The third-order valence-corrected chi connectivity index (χ3v) is 4.71. The number of rotatable bonds is 4. The molecule has 0 bridgehead atoms. The van der Waals surface area contributed by atoms with Gasteiger partial charge < -0.3 is 10.4 Å². The van der Waals surface area contributed by atoms with Crippen LogP contribution in [-0.4, -0.2) is 53.2 Å². The Morgan fingerprint density at radius 1 is 1.43 bits per heavy atom. The summed E-state index contributed by atoms with van der Waals surface area (Å²) in [6.45, 7) is 9.43. The molecule has 6 heteroatoms. The van der Waals surface area contributed by atoms with Crippen molar-refractivity contribution in [1.82, 2.24) is 15.1 Å². The fraction of sp³-hybridized carbons (Fsp3) is 0.588. The van der Waals surface area contributed by atoms with Crippen LogP contribution in [0.3, 0.4) is 0 Å². The van der Waals surface area contributed by atoms with Crippen molar-refractivity contribution in [2.45, 2.75) is 38.9 Å². The summed E-state index contributed by atoms with van der Waals surface area (Å²) in [6.07, 6.45) is -1.11. The van der Waals surface area contributed by atoms with Gasteiger partial charge in [0.1, 0.15) is 5.82 Å². The number of halogens is 1. The van der Waals surface area contributed by atoms with E-state index in [1.54, 1.807) is 19.1 Å². The smallest absolute Gasteiger partial charge is 0.405 e. The van der Waals surface area contributed by atoms with Crippen LogP contribution in [0.5, 0.6) is 0 Å². The highest BCUT2D eigenvalue weighted by Gasteiger charge is 2.31. The van der Waals surface area contributed by atoms with Gasteiger partial charge in [0.15, 0.2) is 0 Å². The van der Waals surface area contributed by atoms with Crippen LogP contribution in [0.25, 0.3) is 0 Å². The normalized spacial score (nSPS) is 20.2. The van der Waals surface area contributed by atoms with E-state index in [1.807, 2.05) is 0 Å². The standard InChI is InChI=1S/C17H26FN3O2/c1-12(19-16(22)23)13-5-6-14(15(18)9-13)10-21-8-7-20(4)17(2,3)11-21/h5-6,9,12,19H,7-8,10-11H2,1-4H3,(H,22,23)/t12-/m0/s1. The van der Waals surface area contributed by atoms with Crippen molar-refractivity contribution >= 4 is 6.09 Å². The first-order valence-corrected chi connectivity index (χ1v) is 7.90. The van der Waals surface area contributed by atoms with Gasteiger partial charge in [-0.05, 0) is 39.4 Å². The van der Waals surface area contributed by atoms with Crippen LogP contribution in [-0.2, 0) is 6.54 Å². The van der Waals surface area contributed by atoms with Crippen molar-refractivity contribution in [1.29, 1.82) is 0 Å². The van der Waals surface area contributed by atoms with Crippen molar-refractivity contribution in [2.75, 3.05) is 26.7 Å². The first kappa shape index (κ1) is 17.7. The molecule has 1 aliphatic heterocycles. The van der Waals surface area contributed by atoms with Gasteiger partial charge in [-0.25, -0.2) is 9.18 Å². The van der Waals surface area contributed by atoms with Crippen LogP contribution in [0.1, 0.15) is 37.9 Å². The second kappa shape index (κ2) is 6.84. The molecular weight excluding hydrogens is 297 g/mol. The summed E-state index contributed by atoms with van der Waals surface area (Å²) in [5, 5.41) is 11.1. The minimum absolute atomic E-state index is 0.0780. The quantitative estimate of drug-likeness (QED) is 0.894. The number of hydrogen-bond acceptors (Lipinski definition) is 3. The van der Waals surface area contributed by atoms with Crippen LogP contribution in [0.4, 0.5) is 9.18 Å². The van der Waals surface area contributed by atoms with Gasteiger partial charge in [0.25, 0.3) is 0 Å². The third-order valence-electron chi connectivity index (χ3n) is 4.71. The number of hydrogen-bond donors (Lipinski definition) is 2. The number of carboxylic acid groups (broad SMARTS) is 1. The third kappa shape index (κ3) is 4.42. The Morgan fingerprint density at radius 2 is 2.13 bits per heavy atom. The predicted molar refractivity (Wildman–Crippen MR) is 88.0 cm³/mol. The van der Waals surface area contributed by atoms with E-state index in [0.717, 1.165) is 19.6 Å². The van der Waals surface area contributed by atoms with Crippen LogP contribution >= 0.6 is 0 Å². The van der Waals surface area contributed by atoms with Crippen molar-refractivity contribution in [2.24, 2.45) is 0 Å². The van der Waals surface area contributed by atoms with E-state index in [1.165, 1.54) is 6.07 Å². The van der Waals surface area contributed by atoms with Gasteiger partial charge in [-0.1, -0.05) is 12.1 Å². The van der Waals surface area contributed by atoms with Crippen LogP contribution in [0, 0.1) is 5.82 Å². The van der Waals surface area contributed by atoms with E-state index in [4.69, 9.17) is 5.11 Å². The summed E-state index contributed by atoms with van der Waals surface area (Å²) in [4.78, 5) is 15.3. The van der Waals surface area contributed by atoms with Gasteiger partial charge in [-0.3, -0.25) is 9.80 Å². The SMILES string of the molecule is C[C@H](NC(=O)O)c1ccc(CN2CCN(C)C(C)(C)C2)c(F)c1. The second-order valence-electron chi connectivity index (χ2n) is 6.97. The Balaban J connectivity index is 2.05. The molecule has 0 unspecified atom stereocenters. The molecule has 128 valence electrons. The minimum Gasteiger partial charge on any atom is -0.465 e. The van der Waals surface area contributed by atoms with E-state index >= 15 is 0 Å². The highest BCUT2D eigenvalue weighted by atomic mass is 19.1. The molecule has 1 fully saturated rings. The molecule has 0 aliphatic carbocycles. The average Bonchev–Trinajstić information content (AvgIpc) is 2.44. The molecule has 23 heavy (non-hydrogen) atoms. The van der Waals surface area contributed by atoms with E-state index in [2.05, 4.69) is 36.0 Å². The lowest BCUT2D eigenvalue weighted by molar-refractivity contribution is 0.0355. The first-order chi connectivity index (χ1) is 10.7. The number of likely N-dealkylation sites (N-methyl/N-ethyl adjacent to an activating group) is 1. The van der Waals surface area contributed by atoms with Crippen LogP contribution in [0.2, 0.25) is 0 Å². The van der Waals surface area contributed by atoms with Crippen molar-refractivity contribution in [3.05, 3.63) is 35.1 Å². The number of carbonyl (C=O) groups is 1. The predicted octanol–water partition coefficient (Wildman–Crippen LogP) is 2.68. The van der Waals surface area contributed by atoms with Gasteiger partial charge >= 0.3 is 6.09 Å². The van der Waals surface area contributed by atoms with Gasteiger partial charge in [0.2, 0.25) is 0 Å². The summed E-state index contributed by atoms with van der Waals surface area (Å²) in [7, 11) is 2.11. The highest BCUT2D eigenvalue weighted by molar-refractivity contribution is 5.65. The number of piperazine rings is 1. The number of nitrogens with one attached hydrogen (secondary N) is 1. The Morgan fingerprint density at radius 3 is 2.70 bits per heavy atom. The number of amides is 1. The Bertz CT molecular complexity index is 577. The lowest BCUT2D eigenvalue weighted by atomic mass is 9.99. The number of nitrogens with zero attached hydrogens (tertiary/aromatic N) is 2. The molecule has 1 heterocycles. The summed E-state index contributed by atoms with van der Waals surface area (Å²) in [5.41, 5.74) is 1.36. The lowest BCUT2D eigenvalue weighted by Crippen LogP contribution is -2.57. The maximum absolute atomic E-state index is 14.4. The molecule has 1 aromatic rings. The molecular formula is C17H26FN3O2. The molecule has 2 N–H and O–H groups in total. The molecule has 1 aliphatic rings. The molecule has 1 amide bonds. The van der Waals surface area contributed by atoms with E-state index in [9.17, 15) is 9.18 Å². The summed E-state index contributed by atoms with van der Waals surface area (Å²) < 4.78 is 14.4. The molecule has 2 rings (SSSR count). The zero-order valence-corrected chi connectivity index (χ0v) is 14.3. The number of benzene rings is 1. The monoisotopic (exact) mass is 323 g/mol. The van der Waals surface area contributed by atoms with Crippen molar-refractivity contribution in [3.8, 4) is 0 Å². The van der Waals surface area contributed by atoms with Gasteiger partial charge in [0, 0.05) is 37.3 Å². The van der Waals surface area contributed by atoms with E-state index < -0.39 is 12.1 Å². The van der Waals surface area contributed by atoms with Crippen LogP contribution in [0.15, 0.2) is 18.2 Å². The minimum atomic E-state index is -1.11. The Kier molecular flexibility index (Phi) is 5.26. The van der Waals surface area contributed by atoms with Crippen molar-refractivity contribution in [3.63, 3.8) is 0 Å². The maximum atomic E-state index is 14.4. The molecule has 5 nitrogen and oxygen atoms in total. The first-order valence-electron chi connectivity index (χ1n) is 7.90.